The predicted molar refractivity (Wildman–Crippen MR) is 103 cm³/mol. The molecule has 3 aromatic rings. The van der Waals surface area contributed by atoms with Crippen LogP contribution in [0.4, 0.5) is 0 Å². The average molecular weight is 345 g/mol. The molecule has 0 unspecified atom stereocenters. The number of fused-ring (bicyclic) bond motifs is 2. The summed E-state index contributed by atoms with van der Waals surface area (Å²) < 4.78 is 0. The normalized spacial score (nSPS) is 17.9. The number of carbonyl (C=O) groups is 1. The van der Waals surface area contributed by atoms with E-state index in [1.807, 2.05) is 23.2 Å². The molecule has 1 aromatic heterocycles. The smallest absolute Gasteiger partial charge is 0.227 e. The van der Waals surface area contributed by atoms with Gasteiger partial charge in [0.15, 0.2) is 0 Å². The fourth-order valence-electron chi connectivity index (χ4n) is 4.27. The molecule has 2 aliphatic heterocycles. The minimum atomic E-state index is 0.239. The predicted octanol–water partition coefficient (Wildman–Crippen LogP) is 2.98. The van der Waals surface area contributed by atoms with E-state index in [0.717, 1.165) is 49.1 Å². The summed E-state index contributed by atoms with van der Waals surface area (Å²) in [5.41, 5.74) is 5.13. The molecule has 2 aromatic carbocycles. The number of hydrogen-bond acceptors (Lipinski definition) is 2. The van der Waals surface area contributed by atoms with Gasteiger partial charge in [0.05, 0.1) is 6.42 Å². The molecule has 1 fully saturated rings. The van der Waals surface area contributed by atoms with Crippen molar-refractivity contribution in [1.29, 1.82) is 0 Å². The Bertz CT molecular complexity index is 955. The van der Waals surface area contributed by atoms with Gasteiger partial charge < -0.3 is 9.88 Å². The lowest BCUT2D eigenvalue weighted by molar-refractivity contribution is -0.138. The van der Waals surface area contributed by atoms with Crippen molar-refractivity contribution in [3.05, 3.63) is 71.4 Å². The van der Waals surface area contributed by atoms with E-state index in [2.05, 4.69) is 46.3 Å². The Balaban J connectivity index is 1.20. The van der Waals surface area contributed by atoms with Gasteiger partial charge >= 0.3 is 0 Å². The van der Waals surface area contributed by atoms with Crippen LogP contribution < -0.4 is 0 Å². The van der Waals surface area contributed by atoms with Crippen molar-refractivity contribution in [3.63, 3.8) is 0 Å². The molecular weight excluding hydrogens is 322 g/mol. The van der Waals surface area contributed by atoms with Crippen molar-refractivity contribution in [2.45, 2.75) is 25.4 Å². The molecule has 4 heteroatoms. The zero-order chi connectivity index (χ0) is 17.5. The van der Waals surface area contributed by atoms with Gasteiger partial charge in [-0.05, 0) is 29.2 Å². The third kappa shape index (κ3) is 2.71. The van der Waals surface area contributed by atoms with Crippen LogP contribution in [0.1, 0.15) is 16.7 Å². The number of amides is 1. The van der Waals surface area contributed by atoms with E-state index in [4.69, 9.17) is 0 Å². The fraction of sp³-hybridized carbons (Fsp3) is 0.318. The summed E-state index contributed by atoms with van der Waals surface area (Å²) in [4.78, 5) is 20.5. The van der Waals surface area contributed by atoms with Crippen LogP contribution in [0.15, 0.2) is 54.7 Å². The molecule has 0 bridgehead atoms. The van der Waals surface area contributed by atoms with Crippen molar-refractivity contribution in [2.24, 2.45) is 0 Å². The molecule has 0 aliphatic carbocycles. The maximum absolute atomic E-state index is 12.7. The zero-order valence-electron chi connectivity index (χ0n) is 14.8. The second kappa shape index (κ2) is 6.29. The molecule has 1 amide bonds. The number of hydrogen-bond donors (Lipinski definition) is 1. The second-order valence-corrected chi connectivity index (χ2v) is 7.48. The first-order valence-corrected chi connectivity index (χ1v) is 9.41. The van der Waals surface area contributed by atoms with E-state index in [9.17, 15) is 4.79 Å². The van der Waals surface area contributed by atoms with Gasteiger partial charge in [0.2, 0.25) is 5.91 Å². The highest BCUT2D eigenvalue weighted by Crippen LogP contribution is 2.25. The zero-order valence-corrected chi connectivity index (χ0v) is 14.8. The Kier molecular flexibility index (Phi) is 3.79. The van der Waals surface area contributed by atoms with Crippen LogP contribution in [0.2, 0.25) is 0 Å². The topological polar surface area (TPSA) is 39.3 Å². The largest absolute Gasteiger partial charge is 0.361 e. The molecule has 1 saturated heterocycles. The third-order valence-corrected chi connectivity index (χ3v) is 5.91. The van der Waals surface area contributed by atoms with Crippen molar-refractivity contribution in [2.75, 3.05) is 19.6 Å². The standard InChI is InChI=1S/C22H23N3O/c26-22(11-18-12-23-21-8-4-3-7-20(18)21)25-14-19(15-25)24-10-9-16-5-1-2-6-17(16)13-24/h1-8,12,19,23H,9-11,13-15H2. The van der Waals surface area contributed by atoms with E-state index < -0.39 is 0 Å². The molecule has 1 N–H and O–H groups in total. The number of carbonyl (C=O) groups excluding carboxylic acids is 1. The van der Waals surface area contributed by atoms with Crippen LogP contribution in [0.3, 0.4) is 0 Å². The molecule has 0 radical (unpaired) electrons. The Morgan fingerprint density at radius 1 is 1.04 bits per heavy atom. The van der Waals surface area contributed by atoms with Crippen LogP contribution in [-0.4, -0.2) is 46.4 Å². The molecule has 2 aliphatic rings. The van der Waals surface area contributed by atoms with Crippen molar-refractivity contribution >= 4 is 16.8 Å². The summed E-state index contributed by atoms with van der Waals surface area (Å²) in [5, 5.41) is 1.16. The molecule has 0 atom stereocenters. The highest BCUT2D eigenvalue weighted by Gasteiger charge is 2.35. The number of rotatable bonds is 3. The Morgan fingerprint density at radius 3 is 2.69 bits per heavy atom. The molecular formula is C22H23N3O. The number of nitrogens with one attached hydrogen (secondary N) is 1. The summed E-state index contributed by atoms with van der Waals surface area (Å²) in [6, 6.07) is 17.4. The van der Waals surface area contributed by atoms with Gasteiger partial charge in [-0.25, -0.2) is 0 Å². The van der Waals surface area contributed by atoms with Crippen LogP contribution in [0, 0.1) is 0 Å². The molecule has 132 valence electrons. The van der Waals surface area contributed by atoms with E-state index in [1.54, 1.807) is 0 Å². The van der Waals surface area contributed by atoms with E-state index >= 15 is 0 Å². The van der Waals surface area contributed by atoms with Gasteiger partial charge in [-0.15, -0.1) is 0 Å². The molecule has 5 rings (SSSR count). The lowest BCUT2D eigenvalue weighted by Gasteiger charge is -2.47. The summed E-state index contributed by atoms with van der Waals surface area (Å²) in [5.74, 6) is 0.239. The monoisotopic (exact) mass is 345 g/mol. The Morgan fingerprint density at radius 2 is 1.81 bits per heavy atom. The van der Waals surface area contributed by atoms with Crippen molar-refractivity contribution in [3.8, 4) is 0 Å². The lowest BCUT2D eigenvalue weighted by atomic mass is 9.96. The number of H-pyrrole nitrogens is 1. The van der Waals surface area contributed by atoms with Gasteiger partial charge in [-0.3, -0.25) is 9.69 Å². The first-order chi connectivity index (χ1) is 12.8. The molecule has 26 heavy (non-hydrogen) atoms. The summed E-state index contributed by atoms with van der Waals surface area (Å²) in [6.45, 7) is 3.85. The van der Waals surface area contributed by atoms with E-state index in [1.165, 1.54) is 11.1 Å². The highest BCUT2D eigenvalue weighted by atomic mass is 16.2. The van der Waals surface area contributed by atoms with Crippen LogP contribution in [-0.2, 0) is 24.2 Å². The minimum Gasteiger partial charge on any atom is -0.361 e. The number of likely N-dealkylation sites (tertiary alicyclic amines) is 1. The number of aromatic nitrogens is 1. The molecule has 0 spiro atoms. The van der Waals surface area contributed by atoms with Crippen LogP contribution >= 0.6 is 0 Å². The molecule has 0 saturated carbocycles. The van der Waals surface area contributed by atoms with Crippen molar-refractivity contribution < 1.29 is 4.79 Å². The summed E-state index contributed by atoms with van der Waals surface area (Å²) in [6.07, 6.45) is 3.58. The van der Waals surface area contributed by atoms with Gasteiger partial charge in [0.1, 0.15) is 0 Å². The maximum Gasteiger partial charge on any atom is 0.227 e. The number of para-hydroxylation sites is 1. The number of benzene rings is 2. The molecule has 4 nitrogen and oxygen atoms in total. The van der Waals surface area contributed by atoms with Gasteiger partial charge in [-0.1, -0.05) is 42.5 Å². The Labute approximate surface area is 153 Å². The second-order valence-electron chi connectivity index (χ2n) is 7.48. The molecule has 3 heterocycles. The third-order valence-electron chi connectivity index (χ3n) is 5.91. The number of aromatic amines is 1. The Hall–Kier alpha value is -2.59. The maximum atomic E-state index is 12.7. The first-order valence-electron chi connectivity index (χ1n) is 9.41. The quantitative estimate of drug-likeness (QED) is 0.793. The number of nitrogens with zero attached hydrogens (tertiary/aromatic N) is 2. The van der Waals surface area contributed by atoms with E-state index in [0.29, 0.717) is 12.5 Å². The van der Waals surface area contributed by atoms with E-state index in [-0.39, 0.29) is 5.91 Å². The van der Waals surface area contributed by atoms with Crippen LogP contribution in [0.5, 0.6) is 0 Å². The summed E-state index contributed by atoms with van der Waals surface area (Å²) in [7, 11) is 0. The SMILES string of the molecule is O=C(Cc1c[nH]c2ccccc12)N1CC(N2CCc3ccccc3C2)C1. The van der Waals surface area contributed by atoms with Crippen molar-refractivity contribution in [1.82, 2.24) is 14.8 Å². The van der Waals surface area contributed by atoms with Gasteiger partial charge in [0, 0.05) is 49.3 Å². The van der Waals surface area contributed by atoms with Crippen LogP contribution in [0.25, 0.3) is 10.9 Å². The first kappa shape index (κ1) is 15.6. The van der Waals surface area contributed by atoms with Gasteiger partial charge in [-0.2, -0.15) is 0 Å². The average Bonchev–Trinajstić information content (AvgIpc) is 3.03. The lowest BCUT2D eigenvalue weighted by Crippen LogP contribution is -2.61. The fourth-order valence-corrected chi connectivity index (χ4v) is 4.27. The minimum absolute atomic E-state index is 0.239. The summed E-state index contributed by atoms with van der Waals surface area (Å²) >= 11 is 0. The van der Waals surface area contributed by atoms with Gasteiger partial charge in [0.25, 0.3) is 0 Å². The highest BCUT2D eigenvalue weighted by molar-refractivity contribution is 5.89.